The van der Waals surface area contributed by atoms with Crippen LogP contribution in [0.1, 0.15) is 10.4 Å². The van der Waals surface area contributed by atoms with Crippen molar-refractivity contribution in [1.29, 1.82) is 0 Å². The number of hydrogen-bond donors (Lipinski definition) is 3. The van der Waals surface area contributed by atoms with E-state index in [0.29, 0.717) is 40.9 Å². The summed E-state index contributed by atoms with van der Waals surface area (Å²) in [6, 6.07) is 18.2. The van der Waals surface area contributed by atoms with Crippen LogP contribution in [0.15, 0.2) is 79.3 Å². The zero-order chi connectivity index (χ0) is 26.5. The highest BCUT2D eigenvalue weighted by molar-refractivity contribution is 5.93. The second-order valence-electron chi connectivity index (χ2n) is 8.49. The number of hydrogen-bond acceptors (Lipinski definition) is 9. The smallest absolute Gasteiger partial charge is 0.338 e. The topological polar surface area (TPSA) is 129 Å². The van der Waals surface area contributed by atoms with E-state index >= 15 is 0 Å². The molecule has 0 bridgehead atoms. The number of carbonyl (C=O) groups excluding carboxylic acids is 1. The monoisotopic (exact) mass is 509 g/mol. The van der Waals surface area contributed by atoms with E-state index in [0.717, 1.165) is 22.3 Å². The van der Waals surface area contributed by atoms with E-state index in [-0.39, 0.29) is 12.6 Å². The highest BCUT2D eigenvalue weighted by Crippen LogP contribution is 2.35. The van der Waals surface area contributed by atoms with Crippen LogP contribution in [0.4, 0.5) is 23.0 Å². The molecule has 10 nitrogen and oxygen atoms in total. The minimum Gasteiger partial charge on any atom is -0.494 e. The first-order valence-electron chi connectivity index (χ1n) is 12.0. The Morgan fingerprint density at radius 1 is 1.03 bits per heavy atom. The van der Waals surface area contributed by atoms with Crippen LogP contribution in [0, 0.1) is 0 Å². The van der Waals surface area contributed by atoms with Crippen LogP contribution in [-0.4, -0.2) is 45.7 Å². The second kappa shape index (κ2) is 10.9. The number of methoxy groups -OCH3 is 1. The molecule has 0 spiro atoms. The molecule has 3 heterocycles. The molecule has 0 saturated carbocycles. The Bertz CT molecular complexity index is 1580. The summed E-state index contributed by atoms with van der Waals surface area (Å²) in [6.45, 7) is 0.559. The van der Waals surface area contributed by atoms with Crippen molar-refractivity contribution < 1.29 is 14.3 Å². The van der Waals surface area contributed by atoms with Crippen LogP contribution in [0.5, 0.6) is 5.75 Å². The van der Waals surface area contributed by atoms with Crippen molar-refractivity contribution in [2.45, 2.75) is 0 Å². The molecule has 0 aliphatic rings. The van der Waals surface area contributed by atoms with Gasteiger partial charge in [0.25, 0.3) is 0 Å². The normalized spacial score (nSPS) is 10.8. The van der Waals surface area contributed by atoms with Gasteiger partial charge in [-0.05, 0) is 36.4 Å². The van der Waals surface area contributed by atoms with Crippen molar-refractivity contribution in [3.05, 3.63) is 84.8 Å². The summed E-state index contributed by atoms with van der Waals surface area (Å²) in [5.74, 6) is 0.570. The van der Waals surface area contributed by atoms with Crippen LogP contribution < -0.4 is 21.1 Å². The Kier molecular flexibility index (Phi) is 7.03. The maximum atomic E-state index is 12.1. The molecule has 38 heavy (non-hydrogen) atoms. The van der Waals surface area contributed by atoms with Crippen molar-refractivity contribution in [3.63, 3.8) is 0 Å². The summed E-state index contributed by atoms with van der Waals surface area (Å²) in [6.07, 6.45) is 5.47. The van der Waals surface area contributed by atoms with E-state index < -0.39 is 0 Å². The van der Waals surface area contributed by atoms with Crippen molar-refractivity contribution in [2.24, 2.45) is 7.05 Å². The van der Waals surface area contributed by atoms with Gasteiger partial charge in [-0.2, -0.15) is 0 Å². The van der Waals surface area contributed by atoms with Crippen molar-refractivity contribution in [2.75, 3.05) is 36.6 Å². The zero-order valence-corrected chi connectivity index (χ0v) is 21.0. The number of fused-ring (bicyclic) bond motifs is 1. The molecule has 0 radical (unpaired) electrons. The molecule has 0 aliphatic heterocycles. The van der Waals surface area contributed by atoms with Crippen LogP contribution in [-0.2, 0) is 11.8 Å². The van der Waals surface area contributed by atoms with Crippen LogP contribution in [0.3, 0.4) is 0 Å². The van der Waals surface area contributed by atoms with Crippen molar-refractivity contribution >= 4 is 40.0 Å². The van der Waals surface area contributed by atoms with Gasteiger partial charge >= 0.3 is 5.97 Å². The van der Waals surface area contributed by atoms with Gasteiger partial charge in [-0.15, -0.1) is 0 Å². The lowest BCUT2D eigenvalue weighted by Crippen LogP contribution is -2.14. The van der Waals surface area contributed by atoms with Gasteiger partial charge in [-0.25, -0.2) is 19.7 Å². The fourth-order valence-corrected chi connectivity index (χ4v) is 4.11. The second-order valence-corrected chi connectivity index (χ2v) is 8.49. The first kappa shape index (κ1) is 24.6. The lowest BCUT2D eigenvalue weighted by molar-refractivity contribution is 0.0520. The minimum atomic E-state index is -0.375. The molecule has 5 aromatic rings. The number of pyridine rings is 1. The average Bonchev–Trinajstić information content (AvgIpc) is 3.29. The Balaban J connectivity index is 1.28. The molecule has 0 amide bonds. The number of nitrogens with one attached hydrogen (secondary N) is 2. The molecule has 0 unspecified atom stereocenters. The minimum absolute atomic E-state index is 0.180. The molecule has 4 N–H and O–H groups in total. The molecular weight excluding hydrogens is 482 g/mol. The highest BCUT2D eigenvalue weighted by atomic mass is 16.5. The van der Waals surface area contributed by atoms with Crippen LogP contribution in [0.25, 0.3) is 22.3 Å². The summed E-state index contributed by atoms with van der Waals surface area (Å²) >= 11 is 0. The summed E-state index contributed by atoms with van der Waals surface area (Å²) in [4.78, 5) is 25.6. The fourth-order valence-electron chi connectivity index (χ4n) is 4.11. The Labute approximate surface area is 219 Å². The molecule has 2 aromatic carbocycles. The molecule has 0 atom stereocenters. The maximum Gasteiger partial charge on any atom is 0.338 e. The molecule has 0 fully saturated rings. The fraction of sp³-hybridized carbons (Fsp3) is 0.143. The summed E-state index contributed by atoms with van der Waals surface area (Å²) < 4.78 is 12.9. The number of nitrogen functional groups attached to an aromatic ring is 1. The Morgan fingerprint density at radius 2 is 1.87 bits per heavy atom. The van der Waals surface area contributed by atoms with Gasteiger partial charge < -0.3 is 30.4 Å². The van der Waals surface area contributed by atoms with Gasteiger partial charge in [0.05, 0.1) is 35.4 Å². The number of aryl methyl sites for hydroxylation is 1. The van der Waals surface area contributed by atoms with Gasteiger partial charge in [0.2, 0.25) is 5.95 Å². The number of nitrogens with zero attached hydrogens (tertiary/aromatic N) is 4. The first-order chi connectivity index (χ1) is 18.5. The third-order valence-corrected chi connectivity index (χ3v) is 5.94. The van der Waals surface area contributed by atoms with Crippen LogP contribution >= 0.6 is 0 Å². The van der Waals surface area contributed by atoms with E-state index in [9.17, 15) is 4.79 Å². The van der Waals surface area contributed by atoms with Gasteiger partial charge in [-0.1, -0.05) is 18.2 Å². The molecule has 0 aliphatic carbocycles. The number of rotatable bonds is 9. The molecule has 0 saturated heterocycles. The predicted octanol–water partition coefficient (Wildman–Crippen LogP) is 4.63. The lowest BCUT2D eigenvalue weighted by atomic mass is 10.1. The molecule has 10 heteroatoms. The highest BCUT2D eigenvalue weighted by Gasteiger charge is 2.14. The van der Waals surface area contributed by atoms with Gasteiger partial charge in [0.15, 0.2) is 0 Å². The quantitative estimate of drug-likeness (QED) is 0.148. The van der Waals surface area contributed by atoms with Crippen molar-refractivity contribution in [3.8, 4) is 17.0 Å². The number of aromatic nitrogens is 4. The summed E-state index contributed by atoms with van der Waals surface area (Å²) in [5.41, 5.74) is 11.2. The largest absolute Gasteiger partial charge is 0.494 e. The molecular formula is C28H27N7O3. The summed E-state index contributed by atoms with van der Waals surface area (Å²) in [7, 11) is 3.53. The zero-order valence-electron chi connectivity index (χ0n) is 21.0. The summed E-state index contributed by atoms with van der Waals surface area (Å²) in [5, 5.41) is 7.40. The van der Waals surface area contributed by atoms with E-state index in [1.165, 1.54) is 0 Å². The first-order valence-corrected chi connectivity index (χ1v) is 12.0. The lowest BCUT2D eigenvalue weighted by Gasteiger charge is -2.16. The number of benzene rings is 2. The molecule has 3 aromatic heterocycles. The average molecular weight is 510 g/mol. The van der Waals surface area contributed by atoms with Gasteiger partial charge in [0, 0.05) is 49.2 Å². The van der Waals surface area contributed by atoms with E-state index in [1.807, 2.05) is 42.1 Å². The van der Waals surface area contributed by atoms with Crippen LogP contribution in [0.2, 0.25) is 0 Å². The Hall–Kier alpha value is -5.12. The van der Waals surface area contributed by atoms with Gasteiger partial charge in [0.1, 0.15) is 18.0 Å². The SMILES string of the molecule is COc1cc(NCCOC(=O)c2ccccc2)c(N)cc1Nc1nccc(-c2cn(C)c3ncccc23)n1. The number of anilines is 4. The Morgan fingerprint density at radius 3 is 2.68 bits per heavy atom. The predicted molar refractivity (Wildman–Crippen MR) is 148 cm³/mol. The third kappa shape index (κ3) is 5.19. The van der Waals surface area contributed by atoms with E-state index in [2.05, 4.69) is 20.6 Å². The molecule has 5 rings (SSSR count). The van der Waals surface area contributed by atoms with Gasteiger partial charge in [-0.3, -0.25) is 0 Å². The molecule has 192 valence electrons. The number of esters is 1. The van der Waals surface area contributed by atoms with E-state index in [4.69, 9.17) is 20.2 Å². The standard InChI is InChI=1S/C28H27N7O3/c1-35-17-20(19-9-6-11-31-26(19)35)22-10-12-32-28(33-22)34-24-15-21(29)23(16-25(24)37-2)30-13-14-38-27(36)18-7-4-3-5-8-18/h3-12,15-17,30H,13-14,29H2,1-2H3,(H,32,33,34). The number of nitrogens with two attached hydrogens (primary N) is 1. The van der Waals surface area contributed by atoms with Crippen molar-refractivity contribution in [1.82, 2.24) is 19.5 Å². The number of carbonyl (C=O) groups is 1. The number of ether oxygens (including phenoxy) is 2. The van der Waals surface area contributed by atoms with E-state index in [1.54, 1.807) is 55.9 Å². The maximum absolute atomic E-state index is 12.1. The third-order valence-electron chi connectivity index (χ3n) is 5.94.